The number of piperidine rings is 1. The van der Waals surface area contributed by atoms with Gasteiger partial charge < -0.3 is 10.6 Å². The van der Waals surface area contributed by atoms with Crippen LogP contribution in [-0.4, -0.2) is 28.4 Å². The van der Waals surface area contributed by atoms with Crippen LogP contribution in [0.3, 0.4) is 0 Å². The molecule has 1 amide bonds. The molecule has 0 bridgehead atoms. The third kappa shape index (κ3) is 3.66. The second-order valence-corrected chi connectivity index (χ2v) is 5.30. The molecule has 1 heterocycles. The van der Waals surface area contributed by atoms with Gasteiger partial charge in [0.1, 0.15) is 0 Å². The fourth-order valence-electron chi connectivity index (χ4n) is 2.62. The quantitative estimate of drug-likeness (QED) is 0.769. The highest BCUT2D eigenvalue weighted by atomic mass is 32.1. The van der Waals surface area contributed by atoms with E-state index < -0.39 is 0 Å². The highest BCUT2D eigenvalue weighted by molar-refractivity contribution is 7.80. The van der Waals surface area contributed by atoms with Gasteiger partial charge in [-0.2, -0.15) is 0 Å². The van der Waals surface area contributed by atoms with Gasteiger partial charge in [-0.3, -0.25) is 4.79 Å². The molecular weight excluding hydrogens is 232 g/mol. The molecule has 4 heteroatoms. The Bertz CT molecular complexity index is 279. The summed E-state index contributed by atoms with van der Waals surface area (Å²) < 4.78 is 0. The van der Waals surface area contributed by atoms with Crippen LogP contribution >= 0.6 is 12.2 Å². The van der Waals surface area contributed by atoms with Crippen LogP contribution in [0.4, 0.5) is 0 Å². The van der Waals surface area contributed by atoms with Gasteiger partial charge >= 0.3 is 0 Å². The van der Waals surface area contributed by atoms with Crippen molar-refractivity contribution < 1.29 is 4.79 Å². The summed E-state index contributed by atoms with van der Waals surface area (Å²) in [4.78, 5) is 14.8. The molecule has 1 fully saturated rings. The van der Waals surface area contributed by atoms with Crippen molar-refractivity contribution in [2.24, 2.45) is 11.7 Å². The van der Waals surface area contributed by atoms with E-state index in [1.165, 1.54) is 6.42 Å². The van der Waals surface area contributed by atoms with E-state index in [9.17, 15) is 4.79 Å². The van der Waals surface area contributed by atoms with Crippen molar-refractivity contribution in [3.8, 4) is 0 Å². The van der Waals surface area contributed by atoms with Gasteiger partial charge in [-0.25, -0.2) is 0 Å². The van der Waals surface area contributed by atoms with Crippen molar-refractivity contribution in [3.63, 3.8) is 0 Å². The number of hydrogen-bond acceptors (Lipinski definition) is 2. The number of hydrogen-bond donors (Lipinski definition) is 1. The normalized spacial score (nSPS) is 22.2. The predicted molar refractivity (Wildman–Crippen MR) is 74.8 cm³/mol. The van der Waals surface area contributed by atoms with Crippen LogP contribution in [0.25, 0.3) is 0 Å². The second kappa shape index (κ2) is 6.94. The Morgan fingerprint density at radius 2 is 2.18 bits per heavy atom. The number of rotatable bonds is 5. The van der Waals surface area contributed by atoms with E-state index in [0.29, 0.717) is 17.5 Å². The summed E-state index contributed by atoms with van der Waals surface area (Å²) in [6.45, 7) is 5.02. The average molecular weight is 256 g/mol. The second-order valence-electron chi connectivity index (χ2n) is 4.83. The zero-order valence-electron chi connectivity index (χ0n) is 10.9. The van der Waals surface area contributed by atoms with Crippen molar-refractivity contribution in [2.45, 2.75) is 58.4 Å². The van der Waals surface area contributed by atoms with E-state index in [2.05, 4.69) is 6.92 Å². The third-order valence-corrected chi connectivity index (χ3v) is 3.87. The molecule has 0 aliphatic carbocycles. The first-order chi connectivity index (χ1) is 8.11. The highest BCUT2D eigenvalue weighted by Gasteiger charge is 2.31. The SMILES string of the molecule is CCCC1CCCCN1C(=O)C(CC)C(N)=S. The molecule has 1 saturated heterocycles. The summed E-state index contributed by atoms with van der Waals surface area (Å²) in [5.41, 5.74) is 5.66. The minimum atomic E-state index is -0.262. The molecule has 98 valence electrons. The Kier molecular flexibility index (Phi) is 5.89. The van der Waals surface area contributed by atoms with Gasteiger partial charge in [0.2, 0.25) is 5.91 Å². The Balaban J connectivity index is 2.72. The van der Waals surface area contributed by atoms with E-state index in [0.717, 1.165) is 32.2 Å². The van der Waals surface area contributed by atoms with Gasteiger partial charge in [0.25, 0.3) is 0 Å². The Hall–Kier alpha value is -0.640. The van der Waals surface area contributed by atoms with Crippen LogP contribution in [0.1, 0.15) is 52.4 Å². The van der Waals surface area contributed by atoms with E-state index in [1.54, 1.807) is 0 Å². The fourth-order valence-corrected chi connectivity index (χ4v) is 2.89. The standard InChI is InChI=1S/C13H24N2OS/c1-3-7-10-8-5-6-9-15(10)13(16)11(4-2)12(14)17/h10-11H,3-9H2,1-2H3,(H2,14,17). The fraction of sp³-hybridized carbons (Fsp3) is 0.846. The maximum Gasteiger partial charge on any atom is 0.232 e. The summed E-state index contributed by atoms with van der Waals surface area (Å²) in [5, 5.41) is 0. The van der Waals surface area contributed by atoms with Gasteiger partial charge in [-0.1, -0.05) is 32.5 Å². The van der Waals surface area contributed by atoms with Crippen molar-refractivity contribution >= 4 is 23.1 Å². The number of amides is 1. The number of carbonyl (C=O) groups is 1. The lowest BCUT2D eigenvalue weighted by molar-refractivity contribution is -0.137. The Morgan fingerprint density at radius 3 is 2.71 bits per heavy atom. The van der Waals surface area contributed by atoms with Crippen LogP contribution in [0.5, 0.6) is 0 Å². The van der Waals surface area contributed by atoms with Crippen LogP contribution in [0, 0.1) is 5.92 Å². The molecule has 2 atom stereocenters. The molecular formula is C13H24N2OS. The predicted octanol–water partition coefficient (Wildman–Crippen LogP) is 2.48. The number of nitrogens with zero attached hydrogens (tertiary/aromatic N) is 1. The summed E-state index contributed by atoms with van der Waals surface area (Å²) in [7, 11) is 0. The smallest absolute Gasteiger partial charge is 0.232 e. The molecule has 0 aromatic heterocycles. The Morgan fingerprint density at radius 1 is 1.47 bits per heavy atom. The molecule has 0 radical (unpaired) electrons. The molecule has 0 aromatic carbocycles. The molecule has 1 rings (SSSR count). The Labute approximate surface area is 110 Å². The molecule has 0 spiro atoms. The summed E-state index contributed by atoms with van der Waals surface area (Å²) in [6, 6.07) is 0.407. The minimum absolute atomic E-state index is 0.151. The van der Waals surface area contributed by atoms with E-state index in [1.807, 2.05) is 11.8 Å². The third-order valence-electron chi connectivity index (χ3n) is 3.58. The zero-order valence-corrected chi connectivity index (χ0v) is 11.8. The summed E-state index contributed by atoms with van der Waals surface area (Å²) >= 11 is 5.00. The van der Waals surface area contributed by atoms with Gasteiger partial charge in [0.15, 0.2) is 0 Å². The molecule has 2 unspecified atom stereocenters. The molecule has 1 aliphatic heterocycles. The van der Waals surface area contributed by atoms with Gasteiger partial charge in [0.05, 0.1) is 10.9 Å². The molecule has 3 nitrogen and oxygen atoms in total. The van der Waals surface area contributed by atoms with Crippen molar-refractivity contribution in [1.29, 1.82) is 0 Å². The number of nitrogens with two attached hydrogens (primary N) is 1. The van der Waals surface area contributed by atoms with E-state index in [4.69, 9.17) is 18.0 Å². The van der Waals surface area contributed by atoms with Gasteiger partial charge in [0, 0.05) is 12.6 Å². The highest BCUT2D eigenvalue weighted by Crippen LogP contribution is 2.23. The lowest BCUT2D eigenvalue weighted by Gasteiger charge is -2.37. The summed E-state index contributed by atoms with van der Waals surface area (Å²) in [6.07, 6.45) is 6.41. The first kappa shape index (κ1) is 14.4. The maximum atomic E-state index is 12.4. The largest absolute Gasteiger partial charge is 0.393 e. The molecule has 1 aliphatic rings. The van der Waals surface area contributed by atoms with Crippen LogP contribution in [0.15, 0.2) is 0 Å². The summed E-state index contributed by atoms with van der Waals surface area (Å²) in [5.74, 6) is -0.111. The van der Waals surface area contributed by atoms with Crippen LogP contribution < -0.4 is 5.73 Å². The maximum absolute atomic E-state index is 12.4. The number of thiocarbonyl (C=S) groups is 1. The molecule has 0 aromatic rings. The first-order valence-corrected chi connectivity index (χ1v) is 7.12. The van der Waals surface area contributed by atoms with Gasteiger partial charge in [-0.15, -0.1) is 0 Å². The van der Waals surface area contributed by atoms with E-state index in [-0.39, 0.29) is 11.8 Å². The zero-order chi connectivity index (χ0) is 12.8. The van der Waals surface area contributed by atoms with Gasteiger partial charge in [-0.05, 0) is 32.1 Å². The number of likely N-dealkylation sites (tertiary alicyclic amines) is 1. The lowest BCUT2D eigenvalue weighted by Crippen LogP contribution is -2.48. The van der Waals surface area contributed by atoms with Crippen LogP contribution in [0.2, 0.25) is 0 Å². The van der Waals surface area contributed by atoms with Crippen molar-refractivity contribution in [1.82, 2.24) is 4.90 Å². The molecule has 2 N–H and O–H groups in total. The van der Waals surface area contributed by atoms with Crippen LogP contribution in [-0.2, 0) is 4.79 Å². The van der Waals surface area contributed by atoms with Crippen molar-refractivity contribution in [3.05, 3.63) is 0 Å². The van der Waals surface area contributed by atoms with E-state index >= 15 is 0 Å². The lowest BCUT2D eigenvalue weighted by atomic mass is 9.95. The first-order valence-electron chi connectivity index (χ1n) is 6.71. The monoisotopic (exact) mass is 256 g/mol. The molecule has 0 saturated carbocycles. The minimum Gasteiger partial charge on any atom is -0.393 e. The molecule has 17 heavy (non-hydrogen) atoms. The van der Waals surface area contributed by atoms with Crippen molar-refractivity contribution in [2.75, 3.05) is 6.54 Å². The average Bonchev–Trinajstić information content (AvgIpc) is 2.30. The topological polar surface area (TPSA) is 46.3 Å². The number of carbonyl (C=O) groups excluding carboxylic acids is 1.